The highest BCUT2D eigenvalue weighted by Gasteiger charge is 2.24. The van der Waals surface area contributed by atoms with Crippen molar-refractivity contribution in [1.29, 1.82) is 0 Å². The Labute approximate surface area is 118 Å². The maximum atomic E-state index is 9.00. The van der Waals surface area contributed by atoms with Gasteiger partial charge in [0.05, 0.1) is 32.5 Å². The quantitative estimate of drug-likeness (QED) is 0.552. The van der Waals surface area contributed by atoms with Gasteiger partial charge >= 0.3 is 0 Å². The standard InChI is InChI=1S/C14H21N3O3/c1-19-11-4-2-3-10(7-11)17-14(15)16-8-12-5-6-13(9-18)20-12/h2-4,7,12-13,18H,5-6,8-9H2,1H3,(H3,15,16,17)/t12-,13+/m1/s1. The summed E-state index contributed by atoms with van der Waals surface area (Å²) in [5.74, 6) is 1.10. The van der Waals surface area contributed by atoms with E-state index in [2.05, 4.69) is 10.3 Å². The minimum Gasteiger partial charge on any atom is -0.497 e. The average molecular weight is 279 g/mol. The molecule has 0 aromatic heterocycles. The second kappa shape index (κ2) is 7.12. The first-order chi connectivity index (χ1) is 9.71. The first kappa shape index (κ1) is 14.6. The first-order valence-electron chi connectivity index (χ1n) is 6.68. The summed E-state index contributed by atoms with van der Waals surface area (Å²) in [6.07, 6.45) is 1.77. The van der Waals surface area contributed by atoms with E-state index in [1.165, 1.54) is 0 Å². The van der Waals surface area contributed by atoms with E-state index < -0.39 is 0 Å². The third kappa shape index (κ3) is 4.11. The molecule has 0 bridgehead atoms. The van der Waals surface area contributed by atoms with Crippen LogP contribution in [0.1, 0.15) is 12.8 Å². The second-order valence-corrected chi connectivity index (χ2v) is 4.72. The van der Waals surface area contributed by atoms with E-state index in [4.69, 9.17) is 20.3 Å². The fraction of sp³-hybridized carbons (Fsp3) is 0.500. The van der Waals surface area contributed by atoms with E-state index >= 15 is 0 Å². The van der Waals surface area contributed by atoms with Crippen LogP contribution in [-0.4, -0.2) is 43.5 Å². The Kier molecular flexibility index (Phi) is 5.20. The van der Waals surface area contributed by atoms with Gasteiger partial charge in [-0.15, -0.1) is 0 Å². The van der Waals surface area contributed by atoms with Gasteiger partial charge in [0.2, 0.25) is 0 Å². The third-order valence-electron chi connectivity index (χ3n) is 3.21. The number of nitrogens with one attached hydrogen (secondary N) is 1. The van der Waals surface area contributed by atoms with Crippen LogP contribution in [0.2, 0.25) is 0 Å². The number of hydrogen-bond donors (Lipinski definition) is 3. The summed E-state index contributed by atoms with van der Waals surface area (Å²) in [6.45, 7) is 0.567. The van der Waals surface area contributed by atoms with Gasteiger partial charge in [0.15, 0.2) is 5.96 Å². The Morgan fingerprint density at radius 3 is 3.00 bits per heavy atom. The van der Waals surface area contributed by atoms with Crippen LogP contribution in [-0.2, 0) is 4.74 Å². The molecule has 1 saturated heterocycles. The van der Waals surface area contributed by atoms with Crippen LogP contribution in [0.5, 0.6) is 5.75 Å². The molecule has 0 radical (unpaired) electrons. The van der Waals surface area contributed by atoms with Crippen molar-refractivity contribution in [3.63, 3.8) is 0 Å². The topological polar surface area (TPSA) is 89.1 Å². The Balaban J connectivity index is 1.84. The highest BCUT2D eigenvalue weighted by Crippen LogP contribution is 2.19. The zero-order chi connectivity index (χ0) is 14.4. The van der Waals surface area contributed by atoms with Gasteiger partial charge in [-0.25, -0.2) is 0 Å². The average Bonchev–Trinajstić information content (AvgIpc) is 2.93. The lowest BCUT2D eigenvalue weighted by Crippen LogP contribution is -2.25. The molecule has 4 N–H and O–H groups in total. The van der Waals surface area contributed by atoms with Crippen LogP contribution in [0.25, 0.3) is 0 Å². The lowest BCUT2D eigenvalue weighted by atomic mass is 10.2. The van der Waals surface area contributed by atoms with Crippen molar-refractivity contribution in [2.75, 3.05) is 25.6 Å². The molecule has 0 saturated carbocycles. The highest BCUT2D eigenvalue weighted by molar-refractivity contribution is 5.92. The molecule has 1 aromatic carbocycles. The van der Waals surface area contributed by atoms with Gasteiger partial charge < -0.3 is 25.6 Å². The number of guanidine groups is 1. The van der Waals surface area contributed by atoms with Crippen LogP contribution in [0.4, 0.5) is 5.69 Å². The lowest BCUT2D eigenvalue weighted by Gasteiger charge is -2.11. The summed E-state index contributed by atoms with van der Waals surface area (Å²) >= 11 is 0. The molecule has 110 valence electrons. The molecule has 6 heteroatoms. The van der Waals surface area contributed by atoms with E-state index in [1.54, 1.807) is 7.11 Å². The first-order valence-corrected chi connectivity index (χ1v) is 6.68. The minimum atomic E-state index is -0.0530. The van der Waals surface area contributed by atoms with Gasteiger partial charge in [-0.05, 0) is 25.0 Å². The van der Waals surface area contributed by atoms with Gasteiger partial charge in [0.25, 0.3) is 0 Å². The molecule has 0 unspecified atom stereocenters. The lowest BCUT2D eigenvalue weighted by molar-refractivity contribution is 0.0160. The SMILES string of the molecule is COc1cccc(NC(N)=NC[C@H]2CC[C@@H](CO)O2)c1. The van der Waals surface area contributed by atoms with E-state index in [-0.39, 0.29) is 18.8 Å². The predicted molar refractivity (Wildman–Crippen MR) is 78.1 cm³/mol. The fourth-order valence-corrected chi connectivity index (χ4v) is 2.14. The summed E-state index contributed by atoms with van der Waals surface area (Å²) in [5.41, 5.74) is 6.66. The summed E-state index contributed by atoms with van der Waals surface area (Å²) in [4.78, 5) is 4.26. The van der Waals surface area contributed by atoms with Crippen LogP contribution >= 0.6 is 0 Å². The zero-order valence-electron chi connectivity index (χ0n) is 11.6. The van der Waals surface area contributed by atoms with E-state index in [0.29, 0.717) is 12.5 Å². The molecule has 0 amide bonds. The summed E-state index contributed by atoms with van der Waals surface area (Å²) in [7, 11) is 1.62. The Hall–Kier alpha value is -1.79. The molecular formula is C14H21N3O3. The number of aliphatic imine (C=N–C) groups is 1. The van der Waals surface area contributed by atoms with Crippen molar-refractivity contribution in [1.82, 2.24) is 0 Å². The van der Waals surface area contributed by atoms with E-state index in [9.17, 15) is 0 Å². The minimum absolute atomic E-state index is 0.0396. The molecule has 1 fully saturated rings. The van der Waals surface area contributed by atoms with Crippen molar-refractivity contribution >= 4 is 11.6 Å². The molecular weight excluding hydrogens is 258 g/mol. The maximum absolute atomic E-state index is 9.00. The van der Waals surface area contributed by atoms with Crippen molar-refractivity contribution in [2.45, 2.75) is 25.0 Å². The van der Waals surface area contributed by atoms with E-state index in [1.807, 2.05) is 24.3 Å². The van der Waals surface area contributed by atoms with Gasteiger partial charge in [-0.3, -0.25) is 4.99 Å². The van der Waals surface area contributed by atoms with Crippen molar-refractivity contribution < 1.29 is 14.6 Å². The summed E-state index contributed by atoms with van der Waals surface area (Å²) in [6, 6.07) is 7.47. The molecule has 2 rings (SSSR count). The molecule has 0 spiro atoms. The van der Waals surface area contributed by atoms with Crippen molar-refractivity contribution in [2.24, 2.45) is 10.7 Å². The van der Waals surface area contributed by atoms with Gasteiger partial charge in [-0.1, -0.05) is 6.07 Å². The fourth-order valence-electron chi connectivity index (χ4n) is 2.14. The monoisotopic (exact) mass is 279 g/mol. The number of aliphatic hydroxyl groups excluding tert-OH is 1. The highest BCUT2D eigenvalue weighted by atomic mass is 16.5. The molecule has 1 aliphatic rings. The number of benzene rings is 1. The van der Waals surface area contributed by atoms with Crippen LogP contribution < -0.4 is 15.8 Å². The smallest absolute Gasteiger partial charge is 0.193 e. The maximum Gasteiger partial charge on any atom is 0.193 e. The predicted octanol–water partition coefficient (Wildman–Crippen LogP) is 0.962. The number of ether oxygens (including phenoxy) is 2. The number of aliphatic hydroxyl groups is 1. The largest absolute Gasteiger partial charge is 0.497 e. The summed E-state index contributed by atoms with van der Waals surface area (Å²) in [5, 5.41) is 12.0. The number of methoxy groups -OCH3 is 1. The molecule has 1 aromatic rings. The molecule has 20 heavy (non-hydrogen) atoms. The number of nitrogens with two attached hydrogens (primary N) is 1. The van der Waals surface area contributed by atoms with Crippen LogP contribution in [0, 0.1) is 0 Å². The molecule has 2 atom stereocenters. The van der Waals surface area contributed by atoms with Crippen LogP contribution in [0.3, 0.4) is 0 Å². The molecule has 6 nitrogen and oxygen atoms in total. The van der Waals surface area contributed by atoms with Gasteiger partial charge in [0, 0.05) is 11.8 Å². The Morgan fingerprint density at radius 1 is 1.50 bits per heavy atom. The number of anilines is 1. The Morgan fingerprint density at radius 2 is 2.30 bits per heavy atom. The van der Waals surface area contributed by atoms with Crippen molar-refractivity contribution in [3.8, 4) is 5.75 Å². The third-order valence-corrected chi connectivity index (χ3v) is 3.21. The number of rotatable bonds is 5. The summed E-state index contributed by atoms with van der Waals surface area (Å²) < 4.78 is 10.7. The van der Waals surface area contributed by atoms with Crippen molar-refractivity contribution in [3.05, 3.63) is 24.3 Å². The molecule has 1 heterocycles. The van der Waals surface area contributed by atoms with Gasteiger partial charge in [-0.2, -0.15) is 0 Å². The zero-order valence-corrected chi connectivity index (χ0v) is 11.6. The molecule has 0 aliphatic carbocycles. The Bertz CT molecular complexity index is 465. The normalized spacial score (nSPS) is 22.8. The second-order valence-electron chi connectivity index (χ2n) is 4.72. The van der Waals surface area contributed by atoms with E-state index in [0.717, 1.165) is 24.3 Å². The van der Waals surface area contributed by atoms with Gasteiger partial charge in [0.1, 0.15) is 5.75 Å². The number of nitrogens with zero attached hydrogens (tertiary/aromatic N) is 1. The number of hydrogen-bond acceptors (Lipinski definition) is 4. The van der Waals surface area contributed by atoms with Crippen LogP contribution in [0.15, 0.2) is 29.3 Å². The molecule has 1 aliphatic heterocycles.